The first-order valence-corrected chi connectivity index (χ1v) is 6.76. The average molecular weight is 242 g/mol. The van der Waals surface area contributed by atoms with Crippen LogP contribution in [0.4, 0.5) is 0 Å². The normalized spacial score (nSPS) is 21.8. The summed E-state index contributed by atoms with van der Waals surface area (Å²) in [5.41, 5.74) is 3.67. The lowest BCUT2D eigenvalue weighted by Crippen LogP contribution is -2.37. The van der Waals surface area contributed by atoms with Gasteiger partial charge in [0.25, 0.3) is 0 Å². The zero-order chi connectivity index (χ0) is 13.2. The van der Waals surface area contributed by atoms with Gasteiger partial charge in [-0.3, -0.25) is 0 Å². The molecule has 1 N–H and O–H groups in total. The molecule has 2 nitrogen and oxygen atoms in total. The zero-order valence-corrected chi connectivity index (χ0v) is 11.6. The van der Waals surface area contributed by atoms with E-state index in [1.54, 1.807) is 0 Å². The highest BCUT2D eigenvalue weighted by Gasteiger charge is 2.33. The standard InChI is InChI=1S/C16H22N2/c1-12-9-13(10-17)6-7-14(12)11-18-15-5-4-8-16(15,2)3/h6-7,9,15,18H,4-5,8,11H2,1-3H3. The van der Waals surface area contributed by atoms with Crippen molar-refractivity contribution in [2.24, 2.45) is 5.41 Å². The first kappa shape index (κ1) is 13.1. The molecule has 1 fully saturated rings. The molecule has 18 heavy (non-hydrogen) atoms. The molecule has 0 aliphatic heterocycles. The first-order valence-electron chi connectivity index (χ1n) is 6.76. The van der Waals surface area contributed by atoms with E-state index in [4.69, 9.17) is 5.26 Å². The van der Waals surface area contributed by atoms with Crippen molar-refractivity contribution in [3.05, 3.63) is 34.9 Å². The van der Waals surface area contributed by atoms with Crippen LogP contribution < -0.4 is 5.32 Å². The fraction of sp³-hybridized carbons (Fsp3) is 0.562. The topological polar surface area (TPSA) is 35.8 Å². The summed E-state index contributed by atoms with van der Waals surface area (Å²) in [6.45, 7) is 7.69. The summed E-state index contributed by atoms with van der Waals surface area (Å²) in [6.07, 6.45) is 3.93. The average Bonchev–Trinajstić information content (AvgIpc) is 2.67. The molecule has 1 atom stereocenters. The van der Waals surface area contributed by atoms with Gasteiger partial charge in [-0.25, -0.2) is 0 Å². The Kier molecular flexibility index (Phi) is 3.73. The van der Waals surface area contributed by atoms with Crippen LogP contribution in [-0.4, -0.2) is 6.04 Å². The van der Waals surface area contributed by atoms with Gasteiger partial charge in [0.2, 0.25) is 0 Å². The lowest BCUT2D eigenvalue weighted by atomic mass is 9.87. The molecule has 0 aromatic heterocycles. The second-order valence-electron chi connectivity index (χ2n) is 6.07. The Morgan fingerprint density at radius 3 is 2.78 bits per heavy atom. The Balaban J connectivity index is 2.01. The maximum Gasteiger partial charge on any atom is 0.0991 e. The smallest absolute Gasteiger partial charge is 0.0991 e. The molecule has 2 heteroatoms. The van der Waals surface area contributed by atoms with Crippen molar-refractivity contribution < 1.29 is 0 Å². The van der Waals surface area contributed by atoms with Crippen LogP contribution in [0.3, 0.4) is 0 Å². The van der Waals surface area contributed by atoms with Crippen LogP contribution in [0.25, 0.3) is 0 Å². The Morgan fingerprint density at radius 2 is 2.22 bits per heavy atom. The number of aryl methyl sites for hydroxylation is 1. The summed E-state index contributed by atoms with van der Waals surface area (Å²) >= 11 is 0. The fourth-order valence-corrected chi connectivity index (χ4v) is 2.90. The fourth-order valence-electron chi connectivity index (χ4n) is 2.90. The molecule has 0 bridgehead atoms. The lowest BCUT2D eigenvalue weighted by Gasteiger charge is -2.28. The number of nitriles is 1. The van der Waals surface area contributed by atoms with E-state index < -0.39 is 0 Å². The van der Waals surface area contributed by atoms with Gasteiger partial charge in [0, 0.05) is 12.6 Å². The maximum absolute atomic E-state index is 8.86. The summed E-state index contributed by atoms with van der Waals surface area (Å²) in [7, 11) is 0. The minimum atomic E-state index is 0.417. The molecule has 1 saturated carbocycles. The Bertz CT molecular complexity index is 468. The predicted octanol–water partition coefficient (Wildman–Crippen LogP) is 3.54. The molecule has 2 rings (SSSR count). The first-order chi connectivity index (χ1) is 8.53. The predicted molar refractivity (Wildman–Crippen MR) is 74.2 cm³/mol. The van der Waals surface area contributed by atoms with Crippen molar-refractivity contribution in [3.63, 3.8) is 0 Å². The van der Waals surface area contributed by atoms with Crippen LogP contribution in [0.1, 0.15) is 49.8 Å². The van der Waals surface area contributed by atoms with Crippen molar-refractivity contribution in [2.45, 2.75) is 52.6 Å². The van der Waals surface area contributed by atoms with E-state index in [0.717, 1.165) is 12.1 Å². The number of nitrogens with zero attached hydrogens (tertiary/aromatic N) is 1. The van der Waals surface area contributed by atoms with Crippen molar-refractivity contribution in [1.82, 2.24) is 5.32 Å². The molecule has 0 saturated heterocycles. The van der Waals surface area contributed by atoms with E-state index in [1.165, 1.54) is 30.4 Å². The SMILES string of the molecule is Cc1cc(C#N)ccc1CNC1CCCC1(C)C. The monoisotopic (exact) mass is 242 g/mol. The highest BCUT2D eigenvalue weighted by molar-refractivity contribution is 5.37. The van der Waals surface area contributed by atoms with Gasteiger partial charge >= 0.3 is 0 Å². The Hall–Kier alpha value is -1.33. The molecule has 0 heterocycles. The number of hydrogen-bond donors (Lipinski definition) is 1. The summed E-state index contributed by atoms with van der Waals surface area (Å²) < 4.78 is 0. The van der Waals surface area contributed by atoms with Gasteiger partial charge in [-0.1, -0.05) is 26.3 Å². The third-order valence-electron chi connectivity index (χ3n) is 4.27. The quantitative estimate of drug-likeness (QED) is 0.880. The molecule has 1 unspecified atom stereocenters. The van der Waals surface area contributed by atoms with Crippen molar-refractivity contribution in [2.75, 3.05) is 0 Å². The molecule has 1 aromatic carbocycles. The largest absolute Gasteiger partial charge is 0.309 e. The Labute approximate surface area is 110 Å². The van der Waals surface area contributed by atoms with Crippen LogP contribution in [0.15, 0.2) is 18.2 Å². The summed E-state index contributed by atoms with van der Waals surface area (Å²) in [6, 6.07) is 8.75. The second kappa shape index (κ2) is 5.12. The van der Waals surface area contributed by atoms with E-state index >= 15 is 0 Å². The van der Waals surface area contributed by atoms with Gasteiger partial charge in [-0.05, 0) is 48.4 Å². The van der Waals surface area contributed by atoms with Gasteiger partial charge < -0.3 is 5.32 Å². The maximum atomic E-state index is 8.86. The van der Waals surface area contributed by atoms with Gasteiger partial charge in [0.1, 0.15) is 0 Å². The van der Waals surface area contributed by atoms with E-state index in [0.29, 0.717) is 11.5 Å². The molecule has 0 amide bonds. The van der Waals surface area contributed by atoms with Crippen LogP contribution in [0, 0.1) is 23.7 Å². The molecule has 0 radical (unpaired) electrons. The molecule has 96 valence electrons. The number of nitrogens with one attached hydrogen (secondary N) is 1. The van der Waals surface area contributed by atoms with E-state index in [2.05, 4.69) is 38.2 Å². The number of rotatable bonds is 3. The van der Waals surface area contributed by atoms with E-state index in [9.17, 15) is 0 Å². The van der Waals surface area contributed by atoms with E-state index in [1.807, 2.05) is 12.1 Å². The Morgan fingerprint density at radius 1 is 1.44 bits per heavy atom. The molecule has 0 spiro atoms. The van der Waals surface area contributed by atoms with Crippen LogP contribution in [0.5, 0.6) is 0 Å². The lowest BCUT2D eigenvalue weighted by molar-refractivity contribution is 0.282. The highest BCUT2D eigenvalue weighted by atomic mass is 14.9. The third kappa shape index (κ3) is 2.73. The highest BCUT2D eigenvalue weighted by Crippen LogP contribution is 2.37. The van der Waals surface area contributed by atoms with E-state index in [-0.39, 0.29) is 0 Å². The summed E-state index contributed by atoms with van der Waals surface area (Å²) in [5, 5.41) is 12.5. The minimum absolute atomic E-state index is 0.417. The van der Waals surface area contributed by atoms with Crippen molar-refractivity contribution in [1.29, 1.82) is 5.26 Å². The van der Waals surface area contributed by atoms with Gasteiger partial charge in [0.05, 0.1) is 11.6 Å². The van der Waals surface area contributed by atoms with Crippen molar-refractivity contribution >= 4 is 0 Å². The number of benzene rings is 1. The number of hydrogen-bond acceptors (Lipinski definition) is 2. The minimum Gasteiger partial charge on any atom is -0.309 e. The second-order valence-corrected chi connectivity index (χ2v) is 6.07. The van der Waals surface area contributed by atoms with Crippen LogP contribution in [-0.2, 0) is 6.54 Å². The molecule has 1 aliphatic rings. The molecule has 1 aromatic rings. The van der Waals surface area contributed by atoms with Gasteiger partial charge in [-0.15, -0.1) is 0 Å². The van der Waals surface area contributed by atoms with Crippen molar-refractivity contribution in [3.8, 4) is 6.07 Å². The van der Waals surface area contributed by atoms with Crippen LogP contribution in [0.2, 0.25) is 0 Å². The molecular formula is C16H22N2. The van der Waals surface area contributed by atoms with Gasteiger partial charge in [0.15, 0.2) is 0 Å². The molecular weight excluding hydrogens is 220 g/mol. The van der Waals surface area contributed by atoms with Gasteiger partial charge in [-0.2, -0.15) is 5.26 Å². The molecule has 1 aliphatic carbocycles. The summed E-state index contributed by atoms with van der Waals surface area (Å²) in [4.78, 5) is 0. The summed E-state index contributed by atoms with van der Waals surface area (Å²) in [5.74, 6) is 0. The van der Waals surface area contributed by atoms with Crippen LogP contribution >= 0.6 is 0 Å². The zero-order valence-electron chi connectivity index (χ0n) is 11.6. The third-order valence-corrected chi connectivity index (χ3v) is 4.27.